The lowest BCUT2D eigenvalue weighted by atomic mass is 10.1. The van der Waals surface area contributed by atoms with Gasteiger partial charge in [-0.1, -0.05) is 12.1 Å². The third-order valence-electron chi connectivity index (χ3n) is 4.46. The van der Waals surface area contributed by atoms with Crippen molar-refractivity contribution >= 4 is 34.8 Å². The zero-order valence-electron chi connectivity index (χ0n) is 17.4. The molecule has 0 saturated heterocycles. The van der Waals surface area contributed by atoms with E-state index in [1.807, 2.05) is 0 Å². The second-order valence-corrected chi connectivity index (χ2v) is 7.31. The molecular weight excluding hydrogens is 441 g/mol. The molecule has 3 rings (SSSR count). The van der Waals surface area contributed by atoms with Gasteiger partial charge in [0.2, 0.25) is 0 Å². The van der Waals surface area contributed by atoms with Gasteiger partial charge in [0.15, 0.2) is 10.9 Å². The lowest BCUT2D eigenvalue weighted by Gasteiger charge is -2.10. The van der Waals surface area contributed by atoms with Gasteiger partial charge in [-0.2, -0.15) is 18.3 Å². The van der Waals surface area contributed by atoms with Crippen molar-refractivity contribution in [3.63, 3.8) is 0 Å². The van der Waals surface area contributed by atoms with Gasteiger partial charge in [0.1, 0.15) is 0 Å². The highest BCUT2D eigenvalue weighted by Crippen LogP contribution is 2.29. The molecule has 2 N–H and O–H groups in total. The molecule has 1 aromatic heterocycles. The summed E-state index contributed by atoms with van der Waals surface area (Å²) in [5, 5.41) is 10.6. The van der Waals surface area contributed by atoms with Gasteiger partial charge in [0, 0.05) is 17.4 Å². The summed E-state index contributed by atoms with van der Waals surface area (Å²) in [6.07, 6.45) is -4.39. The van der Waals surface area contributed by atoms with Crippen LogP contribution in [0.25, 0.3) is 0 Å². The first kappa shape index (κ1) is 23.3. The number of rotatable bonds is 6. The van der Waals surface area contributed by atoms with Crippen molar-refractivity contribution in [2.75, 3.05) is 17.2 Å². The second-order valence-electron chi connectivity index (χ2n) is 6.90. The molecule has 0 aliphatic carbocycles. The van der Waals surface area contributed by atoms with Gasteiger partial charge >= 0.3 is 12.1 Å². The first-order chi connectivity index (χ1) is 15.2. The van der Waals surface area contributed by atoms with E-state index in [9.17, 15) is 18.0 Å². The fourth-order valence-corrected chi connectivity index (χ4v) is 3.16. The minimum absolute atomic E-state index is 0.187. The molecule has 0 aliphatic rings. The van der Waals surface area contributed by atoms with E-state index in [2.05, 4.69) is 15.7 Å². The van der Waals surface area contributed by atoms with Crippen molar-refractivity contribution in [1.82, 2.24) is 9.78 Å². The van der Waals surface area contributed by atoms with Crippen molar-refractivity contribution in [2.45, 2.75) is 26.6 Å². The molecule has 0 saturated carbocycles. The first-order valence-electron chi connectivity index (χ1n) is 9.71. The predicted octanol–water partition coefficient (Wildman–Crippen LogP) is 5.24. The zero-order valence-corrected chi connectivity index (χ0v) is 18.2. The summed E-state index contributed by atoms with van der Waals surface area (Å²) >= 11 is 5.30. The molecular formula is C22H21F3N4O2S. The molecule has 32 heavy (non-hydrogen) atoms. The van der Waals surface area contributed by atoms with Gasteiger partial charge in [0.25, 0.3) is 0 Å². The molecule has 168 valence electrons. The summed E-state index contributed by atoms with van der Waals surface area (Å²) in [4.78, 5) is 11.7. The monoisotopic (exact) mass is 462 g/mol. The number of carbonyl (C=O) groups is 1. The second kappa shape index (κ2) is 9.82. The Morgan fingerprint density at radius 1 is 1.12 bits per heavy atom. The molecule has 6 nitrogen and oxygen atoms in total. The third-order valence-corrected chi connectivity index (χ3v) is 4.67. The maximum Gasteiger partial charge on any atom is 0.416 e. The van der Waals surface area contributed by atoms with Gasteiger partial charge in [-0.3, -0.25) is 4.68 Å². The Labute approximate surface area is 188 Å². The van der Waals surface area contributed by atoms with E-state index in [1.165, 1.54) is 6.07 Å². The fraction of sp³-hybridized carbons (Fsp3) is 0.227. The number of nitrogens with one attached hydrogen (secondary N) is 2. The summed E-state index contributed by atoms with van der Waals surface area (Å²) in [5.41, 5.74) is 1.64. The van der Waals surface area contributed by atoms with Crippen LogP contribution in [0.1, 0.15) is 34.1 Å². The van der Waals surface area contributed by atoms with E-state index in [-0.39, 0.29) is 11.7 Å². The van der Waals surface area contributed by atoms with Crippen LogP contribution < -0.4 is 10.6 Å². The van der Waals surface area contributed by atoms with E-state index in [4.69, 9.17) is 17.0 Å². The number of ether oxygens (including phenoxy) is 1. The Kier molecular flexibility index (Phi) is 7.14. The average molecular weight is 462 g/mol. The topological polar surface area (TPSA) is 68.2 Å². The van der Waals surface area contributed by atoms with Crippen molar-refractivity contribution in [3.8, 4) is 0 Å². The number of alkyl halides is 3. The van der Waals surface area contributed by atoms with E-state index in [0.717, 1.165) is 17.8 Å². The van der Waals surface area contributed by atoms with Crippen LogP contribution in [0.3, 0.4) is 0 Å². The number of carbonyl (C=O) groups excluding carboxylic acids is 1. The Bertz CT molecular complexity index is 1110. The Hall–Kier alpha value is -3.40. The summed E-state index contributed by atoms with van der Waals surface area (Å²) in [5.74, 6) is 0.0525. The molecule has 0 bridgehead atoms. The molecule has 0 fully saturated rings. The van der Waals surface area contributed by atoms with Crippen molar-refractivity contribution in [3.05, 3.63) is 77.0 Å². The molecule has 1 heterocycles. The van der Waals surface area contributed by atoms with Crippen LogP contribution in [0, 0.1) is 6.92 Å². The van der Waals surface area contributed by atoms with Gasteiger partial charge < -0.3 is 15.4 Å². The van der Waals surface area contributed by atoms with E-state index < -0.39 is 17.7 Å². The quantitative estimate of drug-likeness (QED) is 0.386. The van der Waals surface area contributed by atoms with Crippen LogP contribution in [-0.2, 0) is 17.5 Å². The first-order valence-corrected chi connectivity index (χ1v) is 10.1. The maximum atomic E-state index is 12.9. The van der Waals surface area contributed by atoms with Gasteiger partial charge in [0.05, 0.1) is 24.3 Å². The predicted molar refractivity (Wildman–Crippen MR) is 120 cm³/mol. The maximum absolute atomic E-state index is 12.9. The number of nitrogens with zero attached hydrogens (tertiary/aromatic N) is 2. The van der Waals surface area contributed by atoms with Crippen molar-refractivity contribution in [2.24, 2.45) is 0 Å². The molecule has 0 spiro atoms. The summed E-state index contributed by atoms with van der Waals surface area (Å²) in [7, 11) is 0. The number of esters is 1. The highest BCUT2D eigenvalue weighted by molar-refractivity contribution is 7.80. The molecule has 0 amide bonds. The van der Waals surface area contributed by atoms with Crippen LogP contribution >= 0.6 is 12.2 Å². The van der Waals surface area contributed by atoms with Gasteiger partial charge in [-0.05, 0) is 68.0 Å². The molecule has 0 radical (unpaired) electrons. The van der Waals surface area contributed by atoms with Crippen LogP contribution in [-0.4, -0.2) is 27.5 Å². The van der Waals surface area contributed by atoms with Crippen molar-refractivity contribution < 1.29 is 22.7 Å². The van der Waals surface area contributed by atoms with E-state index in [0.29, 0.717) is 29.2 Å². The minimum atomic E-state index is -4.39. The third kappa shape index (κ3) is 6.07. The van der Waals surface area contributed by atoms with Gasteiger partial charge in [-0.15, -0.1) is 0 Å². The number of hydrogen-bond donors (Lipinski definition) is 2. The molecule has 2 aromatic carbocycles. The van der Waals surface area contributed by atoms with Gasteiger partial charge in [-0.25, -0.2) is 4.79 Å². The number of aromatic nitrogens is 2. The minimum Gasteiger partial charge on any atom is -0.462 e. The van der Waals surface area contributed by atoms with E-state index >= 15 is 0 Å². The Morgan fingerprint density at radius 2 is 1.84 bits per heavy atom. The standard InChI is InChI=1S/C22H21F3N4O2S/c1-3-31-20(30)16-7-9-18(10-8-16)26-21(32)27-19-11-14(2)29(28-19)13-15-5-4-6-17(12-15)22(23,24)25/h4-12H,3,13H2,1-2H3,(H2,26,27,28,32). The molecule has 0 unspecified atom stereocenters. The number of thiocarbonyl (C=S) groups is 1. The van der Waals surface area contributed by atoms with E-state index in [1.54, 1.807) is 54.9 Å². The molecule has 3 aromatic rings. The largest absolute Gasteiger partial charge is 0.462 e. The lowest BCUT2D eigenvalue weighted by molar-refractivity contribution is -0.137. The van der Waals surface area contributed by atoms with Crippen LogP contribution in [0.4, 0.5) is 24.7 Å². The van der Waals surface area contributed by atoms with Crippen molar-refractivity contribution in [1.29, 1.82) is 0 Å². The summed E-state index contributed by atoms with van der Waals surface area (Å²) in [6.45, 7) is 4.02. The molecule has 0 aliphatic heterocycles. The number of hydrogen-bond acceptors (Lipinski definition) is 4. The summed E-state index contributed by atoms with van der Waals surface area (Å²) in [6, 6.07) is 13.5. The smallest absolute Gasteiger partial charge is 0.416 e. The number of benzene rings is 2. The van der Waals surface area contributed by atoms with Crippen LogP contribution in [0.2, 0.25) is 0 Å². The molecule has 0 atom stereocenters. The highest BCUT2D eigenvalue weighted by Gasteiger charge is 2.30. The highest BCUT2D eigenvalue weighted by atomic mass is 32.1. The number of anilines is 2. The van der Waals surface area contributed by atoms with Crippen LogP contribution in [0.15, 0.2) is 54.6 Å². The fourth-order valence-electron chi connectivity index (χ4n) is 2.93. The number of aryl methyl sites for hydroxylation is 1. The lowest BCUT2D eigenvalue weighted by Crippen LogP contribution is -2.19. The van der Waals surface area contributed by atoms with Crippen LogP contribution in [0.5, 0.6) is 0 Å². The Balaban J connectivity index is 1.62. The average Bonchev–Trinajstić information content (AvgIpc) is 3.06. The molecule has 10 heteroatoms. The zero-order chi connectivity index (χ0) is 23.3. The number of halogens is 3. The Morgan fingerprint density at radius 3 is 2.50 bits per heavy atom. The summed E-state index contributed by atoms with van der Waals surface area (Å²) < 4.78 is 45.3. The normalized spacial score (nSPS) is 11.2. The SMILES string of the molecule is CCOC(=O)c1ccc(NC(=S)Nc2cc(C)n(Cc3cccc(C(F)(F)F)c3)n2)cc1.